The highest BCUT2D eigenvalue weighted by atomic mass is 32.1. The summed E-state index contributed by atoms with van der Waals surface area (Å²) in [5, 5.41) is 2.04. The first-order chi connectivity index (χ1) is 7.22. The molecule has 0 amide bonds. The minimum absolute atomic E-state index is 0.785. The molecule has 1 nitrogen and oxygen atoms in total. The predicted octanol–water partition coefficient (Wildman–Crippen LogP) is 3.84. The van der Waals surface area contributed by atoms with Gasteiger partial charge in [-0.2, -0.15) is 0 Å². The average molecular weight is 216 g/mol. The van der Waals surface area contributed by atoms with Crippen LogP contribution in [0.15, 0.2) is 29.6 Å². The standard InChI is InChI=1S/C13H12OS/c1-9-4-3-5-10(2)13(9)11-6-12(7-14)15-8-11/h3-8H,1-2H3. The second-order valence-corrected chi connectivity index (χ2v) is 4.57. The van der Waals surface area contributed by atoms with Crippen molar-refractivity contribution in [3.63, 3.8) is 0 Å². The van der Waals surface area contributed by atoms with E-state index >= 15 is 0 Å². The molecule has 0 spiro atoms. The lowest BCUT2D eigenvalue weighted by molar-refractivity contribution is 0.112. The molecule has 2 aromatic rings. The van der Waals surface area contributed by atoms with Gasteiger partial charge in [-0.25, -0.2) is 0 Å². The van der Waals surface area contributed by atoms with Crippen molar-refractivity contribution < 1.29 is 4.79 Å². The molecule has 0 aliphatic carbocycles. The van der Waals surface area contributed by atoms with E-state index < -0.39 is 0 Å². The van der Waals surface area contributed by atoms with E-state index in [0.717, 1.165) is 16.7 Å². The molecule has 0 unspecified atom stereocenters. The third-order valence-corrected chi connectivity index (χ3v) is 3.36. The molecule has 2 rings (SSSR count). The zero-order valence-electron chi connectivity index (χ0n) is 8.78. The van der Waals surface area contributed by atoms with Gasteiger partial charge in [0, 0.05) is 0 Å². The zero-order valence-corrected chi connectivity index (χ0v) is 9.60. The van der Waals surface area contributed by atoms with Gasteiger partial charge in [0.15, 0.2) is 6.29 Å². The Morgan fingerprint density at radius 2 is 1.87 bits per heavy atom. The lowest BCUT2D eigenvalue weighted by Crippen LogP contribution is -1.85. The average Bonchev–Trinajstić information content (AvgIpc) is 2.66. The molecule has 1 aromatic heterocycles. The van der Waals surface area contributed by atoms with Crippen LogP contribution in [0.1, 0.15) is 20.8 Å². The maximum absolute atomic E-state index is 10.6. The van der Waals surface area contributed by atoms with Crippen molar-refractivity contribution in [3.8, 4) is 11.1 Å². The summed E-state index contributed by atoms with van der Waals surface area (Å²) in [7, 11) is 0. The molecule has 1 heterocycles. The van der Waals surface area contributed by atoms with Crippen LogP contribution in [0.4, 0.5) is 0 Å². The van der Waals surface area contributed by atoms with Crippen LogP contribution in [0, 0.1) is 13.8 Å². The van der Waals surface area contributed by atoms with Gasteiger partial charge < -0.3 is 0 Å². The molecule has 0 N–H and O–H groups in total. The lowest BCUT2D eigenvalue weighted by atomic mass is 9.98. The summed E-state index contributed by atoms with van der Waals surface area (Å²) in [6.07, 6.45) is 0.905. The summed E-state index contributed by atoms with van der Waals surface area (Å²) in [6.45, 7) is 4.20. The van der Waals surface area contributed by atoms with E-state index in [9.17, 15) is 4.79 Å². The van der Waals surface area contributed by atoms with Crippen LogP contribution in [-0.4, -0.2) is 6.29 Å². The van der Waals surface area contributed by atoms with Gasteiger partial charge >= 0.3 is 0 Å². The number of carbonyl (C=O) groups excluding carboxylic acids is 1. The fourth-order valence-corrected chi connectivity index (χ4v) is 2.52. The third-order valence-electron chi connectivity index (χ3n) is 2.51. The molecule has 0 saturated heterocycles. The van der Waals surface area contributed by atoms with Gasteiger partial charge in [0.1, 0.15) is 0 Å². The quantitative estimate of drug-likeness (QED) is 0.697. The molecule has 0 fully saturated rings. The largest absolute Gasteiger partial charge is 0.297 e. The van der Waals surface area contributed by atoms with Crippen molar-refractivity contribution in [3.05, 3.63) is 45.6 Å². The summed E-state index contributed by atoms with van der Waals surface area (Å²) in [5.74, 6) is 0. The first-order valence-corrected chi connectivity index (χ1v) is 5.70. The maximum Gasteiger partial charge on any atom is 0.160 e. The number of carbonyl (C=O) groups is 1. The Morgan fingerprint density at radius 1 is 1.20 bits per heavy atom. The minimum atomic E-state index is 0.785. The summed E-state index contributed by atoms with van der Waals surface area (Å²) in [5.41, 5.74) is 4.91. The predicted molar refractivity (Wildman–Crippen MR) is 64.6 cm³/mol. The summed E-state index contributed by atoms with van der Waals surface area (Å²) >= 11 is 1.49. The first-order valence-electron chi connectivity index (χ1n) is 4.82. The molecule has 2 heteroatoms. The molecular weight excluding hydrogens is 204 g/mol. The van der Waals surface area contributed by atoms with Crippen molar-refractivity contribution >= 4 is 17.6 Å². The summed E-state index contributed by atoms with van der Waals surface area (Å²) in [6, 6.07) is 8.20. The molecule has 0 saturated carbocycles. The van der Waals surface area contributed by atoms with E-state index in [1.807, 2.05) is 11.4 Å². The van der Waals surface area contributed by atoms with Crippen LogP contribution < -0.4 is 0 Å². The number of benzene rings is 1. The van der Waals surface area contributed by atoms with Gasteiger partial charge in [0.2, 0.25) is 0 Å². The number of hydrogen-bond acceptors (Lipinski definition) is 2. The molecule has 76 valence electrons. The van der Waals surface area contributed by atoms with Gasteiger partial charge in [-0.15, -0.1) is 11.3 Å². The molecular formula is C13H12OS. The maximum atomic E-state index is 10.6. The topological polar surface area (TPSA) is 17.1 Å². The Morgan fingerprint density at radius 3 is 2.40 bits per heavy atom. The van der Waals surface area contributed by atoms with E-state index in [2.05, 4.69) is 32.0 Å². The fourth-order valence-electron chi connectivity index (χ4n) is 1.82. The number of aldehydes is 1. The second kappa shape index (κ2) is 3.99. The fraction of sp³-hybridized carbons (Fsp3) is 0.154. The van der Waals surface area contributed by atoms with Gasteiger partial charge in [0.05, 0.1) is 4.88 Å². The smallest absolute Gasteiger partial charge is 0.160 e. The molecule has 0 bridgehead atoms. The highest BCUT2D eigenvalue weighted by Crippen LogP contribution is 2.30. The highest BCUT2D eigenvalue weighted by Gasteiger charge is 2.07. The Hall–Kier alpha value is -1.41. The second-order valence-electron chi connectivity index (χ2n) is 3.62. The van der Waals surface area contributed by atoms with Crippen LogP contribution in [0.5, 0.6) is 0 Å². The SMILES string of the molecule is Cc1cccc(C)c1-c1csc(C=O)c1. The van der Waals surface area contributed by atoms with Crippen molar-refractivity contribution in [2.24, 2.45) is 0 Å². The van der Waals surface area contributed by atoms with E-state index in [0.29, 0.717) is 0 Å². The van der Waals surface area contributed by atoms with Gasteiger partial charge in [-0.3, -0.25) is 4.79 Å². The van der Waals surface area contributed by atoms with Crippen LogP contribution in [0.2, 0.25) is 0 Å². The van der Waals surface area contributed by atoms with Crippen molar-refractivity contribution in [2.45, 2.75) is 13.8 Å². The number of thiophene rings is 1. The van der Waals surface area contributed by atoms with E-state index in [1.165, 1.54) is 28.0 Å². The van der Waals surface area contributed by atoms with Gasteiger partial charge in [0.25, 0.3) is 0 Å². The van der Waals surface area contributed by atoms with E-state index in [-0.39, 0.29) is 0 Å². The molecule has 15 heavy (non-hydrogen) atoms. The van der Waals surface area contributed by atoms with E-state index in [4.69, 9.17) is 0 Å². The Bertz CT molecular complexity index is 477. The van der Waals surface area contributed by atoms with E-state index in [1.54, 1.807) is 0 Å². The number of hydrogen-bond donors (Lipinski definition) is 0. The van der Waals surface area contributed by atoms with Crippen molar-refractivity contribution in [2.75, 3.05) is 0 Å². The van der Waals surface area contributed by atoms with Gasteiger partial charge in [-0.1, -0.05) is 18.2 Å². The van der Waals surface area contributed by atoms with Crippen molar-refractivity contribution in [1.29, 1.82) is 0 Å². The monoisotopic (exact) mass is 216 g/mol. The van der Waals surface area contributed by atoms with Crippen LogP contribution in [0.25, 0.3) is 11.1 Å². The summed E-state index contributed by atoms with van der Waals surface area (Å²) < 4.78 is 0. The molecule has 0 radical (unpaired) electrons. The normalized spacial score (nSPS) is 10.3. The third kappa shape index (κ3) is 1.85. The molecule has 0 aliphatic heterocycles. The van der Waals surface area contributed by atoms with Crippen LogP contribution in [0.3, 0.4) is 0 Å². The zero-order chi connectivity index (χ0) is 10.8. The minimum Gasteiger partial charge on any atom is -0.297 e. The van der Waals surface area contributed by atoms with Crippen LogP contribution in [-0.2, 0) is 0 Å². The highest BCUT2D eigenvalue weighted by molar-refractivity contribution is 7.12. The first kappa shape index (κ1) is 10.1. The van der Waals surface area contributed by atoms with Crippen LogP contribution >= 0.6 is 11.3 Å². The molecule has 0 atom stereocenters. The Labute approximate surface area is 93.4 Å². The summed E-state index contributed by atoms with van der Waals surface area (Å²) in [4.78, 5) is 11.4. The number of aryl methyl sites for hydroxylation is 2. The van der Waals surface area contributed by atoms with Crippen molar-refractivity contribution in [1.82, 2.24) is 0 Å². The Kier molecular flexibility index (Phi) is 2.69. The van der Waals surface area contributed by atoms with Gasteiger partial charge in [-0.05, 0) is 47.5 Å². The number of rotatable bonds is 2. The molecule has 0 aliphatic rings. The lowest BCUT2D eigenvalue weighted by Gasteiger charge is -2.06. The Balaban J connectivity index is 2.58. The molecule has 1 aromatic carbocycles.